The minimum atomic E-state index is 0.438. The molecule has 3 atom stereocenters. The molecule has 0 saturated heterocycles. The molecule has 61 heavy (non-hydrogen) atoms. The van der Waals surface area contributed by atoms with Gasteiger partial charge >= 0.3 is 0 Å². The summed E-state index contributed by atoms with van der Waals surface area (Å²) in [5.74, 6) is 2.54. The van der Waals surface area contributed by atoms with Crippen LogP contribution in [0.1, 0.15) is 69.5 Å². The first-order valence-electron chi connectivity index (χ1n) is 22.0. The third-order valence-electron chi connectivity index (χ3n) is 15.0. The molecule has 2 heterocycles. The summed E-state index contributed by atoms with van der Waals surface area (Å²) in [4.78, 5) is 5.87. The molecule has 2 unspecified atom stereocenters. The van der Waals surface area contributed by atoms with E-state index in [2.05, 4.69) is 181 Å². The highest BCUT2D eigenvalue weighted by atomic mass is 15.1. The molecule has 1 saturated carbocycles. The SMILES string of the molecule is C1=C(c2cccc3c2-c2ccccc2C3)c2ccccc2N=C(n2c3ccc4ccccc4c3c3c4ccccc4c4c(c32)-c2cccc3c2[C@@H]2C(c5ccccc5-3)C42)CC1. The molecule has 0 N–H and O–H groups in total. The van der Waals surface area contributed by atoms with Crippen molar-refractivity contribution in [1.82, 2.24) is 4.57 Å². The van der Waals surface area contributed by atoms with Gasteiger partial charge in [-0.1, -0.05) is 164 Å². The van der Waals surface area contributed by atoms with Gasteiger partial charge in [0.1, 0.15) is 5.84 Å². The van der Waals surface area contributed by atoms with Gasteiger partial charge in [-0.3, -0.25) is 4.57 Å². The van der Waals surface area contributed by atoms with E-state index < -0.39 is 0 Å². The molecule has 4 aliphatic carbocycles. The number of hydrogen-bond donors (Lipinski definition) is 0. The Morgan fingerprint density at radius 1 is 0.459 bits per heavy atom. The van der Waals surface area contributed by atoms with Gasteiger partial charge in [0.2, 0.25) is 0 Å². The van der Waals surface area contributed by atoms with Gasteiger partial charge in [-0.25, -0.2) is 4.99 Å². The number of aliphatic imine (C=N–C) groups is 1. The van der Waals surface area contributed by atoms with Crippen molar-refractivity contribution >= 4 is 60.4 Å². The van der Waals surface area contributed by atoms with Crippen LogP contribution in [0.15, 0.2) is 181 Å². The summed E-state index contributed by atoms with van der Waals surface area (Å²) in [5.41, 5.74) is 23.2. The van der Waals surface area contributed by atoms with Crippen LogP contribution >= 0.6 is 0 Å². The Morgan fingerprint density at radius 3 is 2.08 bits per heavy atom. The second-order valence-electron chi connectivity index (χ2n) is 17.9. The molecule has 284 valence electrons. The third kappa shape index (κ3) is 4.15. The van der Waals surface area contributed by atoms with E-state index >= 15 is 0 Å². The lowest BCUT2D eigenvalue weighted by Crippen LogP contribution is -2.14. The monoisotopic (exact) mass is 774 g/mol. The summed E-state index contributed by atoms with van der Waals surface area (Å²) < 4.78 is 2.62. The van der Waals surface area contributed by atoms with Crippen LogP contribution in [-0.4, -0.2) is 10.4 Å². The lowest BCUT2D eigenvalue weighted by molar-refractivity contribution is 1.00. The highest BCUT2D eigenvalue weighted by molar-refractivity contribution is 6.34. The van der Waals surface area contributed by atoms with Crippen LogP contribution in [0.3, 0.4) is 0 Å². The van der Waals surface area contributed by atoms with Gasteiger partial charge in [0, 0.05) is 40.2 Å². The molecule has 0 bridgehead atoms. The molecular weight excluding hydrogens is 737 g/mol. The topological polar surface area (TPSA) is 17.3 Å². The molecule has 0 radical (unpaired) electrons. The van der Waals surface area contributed by atoms with E-state index in [0.717, 1.165) is 30.8 Å². The number of aromatic nitrogens is 1. The van der Waals surface area contributed by atoms with E-state index in [1.807, 2.05) is 0 Å². The molecule has 1 fully saturated rings. The lowest BCUT2D eigenvalue weighted by atomic mass is 9.77. The molecule has 1 aliphatic heterocycles. The summed E-state index contributed by atoms with van der Waals surface area (Å²) in [5, 5.41) is 7.98. The maximum Gasteiger partial charge on any atom is 0.114 e. The van der Waals surface area contributed by atoms with Gasteiger partial charge in [0.25, 0.3) is 0 Å². The van der Waals surface area contributed by atoms with E-state index in [0.29, 0.717) is 17.8 Å². The second kappa shape index (κ2) is 11.7. The number of fused-ring (bicyclic) bond motifs is 20. The minimum absolute atomic E-state index is 0.438. The molecule has 10 aromatic rings. The number of hydrogen-bond acceptors (Lipinski definition) is 1. The van der Waals surface area contributed by atoms with Crippen molar-refractivity contribution in [3.63, 3.8) is 0 Å². The first kappa shape index (κ1) is 32.5. The van der Waals surface area contributed by atoms with E-state index in [4.69, 9.17) is 4.99 Å². The van der Waals surface area contributed by atoms with Gasteiger partial charge in [0.05, 0.1) is 16.7 Å². The summed E-state index contributed by atoms with van der Waals surface area (Å²) in [6.45, 7) is 0. The third-order valence-corrected chi connectivity index (χ3v) is 15.0. The predicted octanol–water partition coefficient (Wildman–Crippen LogP) is 15.1. The highest BCUT2D eigenvalue weighted by Gasteiger charge is 2.60. The predicted molar refractivity (Wildman–Crippen MR) is 253 cm³/mol. The number of allylic oxidation sites excluding steroid dienone is 1. The van der Waals surface area contributed by atoms with E-state index in [-0.39, 0.29) is 0 Å². The smallest absolute Gasteiger partial charge is 0.114 e. The normalized spacial score (nSPS) is 18.7. The van der Waals surface area contributed by atoms with Gasteiger partial charge in [-0.15, -0.1) is 0 Å². The zero-order chi connectivity index (χ0) is 39.5. The molecular formula is C59H38N2. The number of nitrogens with zero attached hydrogens (tertiary/aromatic N) is 2. The Labute approximate surface area is 353 Å². The lowest BCUT2D eigenvalue weighted by Gasteiger charge is -2.27. The van der Waals surface area contributed by atoms with E-state index in [1.165, 1.54) is 116 Å². The van der Waals surface area contributed by atoms with Crippen LogP contribution in [-0.2, 0) is 6.42 Å². The van der Waals surface area contributed by atoms with Crippen molar-refractivity contribution in [3.05, 3.63) is 215 Å². The largest absolute Gasteiger partial charge is 0.297 e. The maximum absolute atomic E-state index is 5.87. The van der Waals surface area contributed by atoms with Crippen molar-refractivity contribution in [2.75, 3.05) is 0 Å². The van der Waals surface area contributed by atoms with Gasteiger partial charge in [-0.05, 0) is 119 Å². The fourth-order valence-corrected chi connectivity index (χ4v) is 12.7. The van der Waals surface area contributed by atoms with Crippen LogP contribution in [0.25, 0.3) is 82.3 Å². The molecule has 9 aromatic carbocycles. The number of para-hydroxylation sites is 1. The standard InChI is InChI=1S/C59H38N2/c1-3-17-36-33(14-1)30-31-48-52(36)55-45-23-8-7-22-44(45)53-56(46-27-12-26-42-39-19-5-6-21-43(39)54-57(51(42)46)58(53)54)59(55)61(48)49-29-13-24-38(40-20-9-10-28-47(40)60-49)41-25-11-16-35-32-34-15-2-4-18-37(34)50(35)41/h1-12,14-28,30-31,54,57-58H,13,29,32H2/t54?,57-,58?/m1/s1. The first-order chi connectivity index (χ1) is 30.3. The Bertz CT molecular complexity index is 3700. The fourth-order valence-electron chi connectivity index (χ4n) is 12.7. The van der Waals surface area contributed by atoms with Crippen molar-refractivity contribution < 1.29 is 0 Å². The quantitative estimate of drug-likeness (QED) is 0.158. The van der Waals surface area contributed by atoms with Crippen LogP contribution in [0.2, 0.25) is 0 Å². The summed E-state index contributed by atoms with van der Waals surface area (Å²) in [6, 6.07) is 64.1. The fraction of sp³-hybridized carbons (Fsp3) is 0.102. The molecule has 2 heteroatoms. The Balaban J connectivity index is 1.05. The Kier molecular flexibility index (Phi) is 6.25. The highest BCUT2D eigenvalue weighted by Crippen LogP contribution is 2.76. The maximum atomic E-state index is 5.87. The van der Waals surface area contributed by atoms with Crippen molar-refractivity contribution in [3.8, 4) is 33.4 Å². The molecule has 0 spiro atoms. The van der Waals surface area contributed by atoms with Gasteiger partial charge < -0.3 is 0 Å². The summed E-state index contributed by atoms with van der Waals surface area (Å²) in [6.07, 6.45) is 5.18. The minimum Gasteiger partial charge on any atom is -0.297 e. The van der Waals surface area contributed by atoms with Crippen LogP contribution in [0, 0.1) is 0 Å². The zero-order valence-electron chi connectivity index (χ0n) is 33.5. The first-order valence-corrected chi connectivity index (χ1v) is 22.0. The van der Waals surface area contributed by atoms with Gasteiger partial charge in [-0.2, -0.15) is 0 Å². The van der Waals surface area contributed by atoms with Crippen molar-refractivity contribution in [2.24, 2.45) is 4.99 Å². The van der Waals surface area contributed by atoms with Gasteiger partial charge in [0.15, 0.2) is 0 Å². The zero-order valence-corrected chi connectivity index (χ0v) is 33.5. The Morgan fingerprint density at radius 2 is 1.15 bits per heavy atom. The van der Waals surface area contributed by atoms with Crippen LogP contribution in [0.5, 0.6) is 0 Å². The second-order valence-corrected chi connectivity index (χ2v) is 17.9. The number of rotatable bonds is 1. The molecule has 15 rings (SSSR count). The van der Waals surface area contributed by atoms with Crippen LogP contribution < -0.4 is 0 Å². The van der Waals surface area contributed by atoms with Crippen LogP contribution in [0.4, 0.5) is 5.69 Å². The molecule has 5 aliphatic rings. The van der Waals surface area contributed by atoms with E-state index in [1.54, 1.807) is 5.56 Å². The van der Waals surface area contributed by atoms with Crippen molar-refractivity contribution in [2.45, 2.75) is 37.0 Å². The number of benzene rings is 9. The Hall–Kier alpha value is -7.29. The summed E-state index contributed by atoms with van der Waals surface area (Å²) in [7, 11) is 0. The average molecular weight is 775 g/mol. The summed E-state index contributed by atoms with van der Waals surface area (Å²) >= 11 is 0. The molecule has 2 nitrogen and oxygen atoms in total. The van der Waals surface area contributed by atoms with Crippen molar-refractivity contribution in [1.29, 1.82) is 0 Å². The average Bonchev–Trinajstić information content (AvgIpc) is 3.79. The molecule has 1 aromatic heterocycles. The van der Waals surface area contributed by atoms with E-state index in [9.17, 15) is 0 Å². The molecule has 0 amide bonds.